The second-order valence-electron chi connectivity index (χ2n) is 2.12. The molecule has 0 radical (unpaired) electrons. The number of carboxylic acid groups (broad SMARTS) is 1. The van der Waals surface area contributed by atoms with Crippen molar-refractivity contribution in [3.05, 3.63) is 0 Å². The average Bonchev–Trinajstić information content (AvgIpc) is 1.81. The van der Waals surface area contributed by atoms with Crippen LogP contribution in [0.15, 0.2) is 0 Å². The molecule has 0 aliphatic carbocycles. The Morgan fingerprint density at radius 2 is 2.00 bits per heavy atom. The zero-order valence-electron chi connectivity index (χ0n) is 5.70. The Bertz CT molecular complexity index is 141. The number of hydrogen-bond donors (Lipinski definition) is 2. The number of ketones is 1. The summed E-state index contributed by atoms with van der Waals surface area (Å²) in [4.78, 5) is 20.5. The first-order valence-corrected chi connectivity index (χ1v) is 2.91. The molecular weight excluding hydrogens is 136 g/mol. The molecule has 0 aromatic heterocycles. The molecule has 0 saturated heterocycles. The van der Waals surface area contributed by atoms with Gasteiger partial charge in [-0.2, -0.15) is 0 Å². The normalized spacial score (nSPS) is 12.6. The van der Waals surface area contributed by atoms with Crippen molar-refractivity contribution in [2.24, 2.45) is 5.92 Å². The topological polar surface area (TPSA) is 74.6 Å². The van der Waals surface area contributed by atoms with Crippen LogP contribution in [0.2, 0.25) is 0 Å². The lowest BCUT2D eigenvalue weighted by atomic mass is 10.1. The van der Waals surface area contributed by atoms with E-state index in [1.807, 2.05) is 0 Å². The third kappa shape index (κ3) is 3.19. The minimum atomic E-state index is -1.13. The largest absolute Gasteiger partial charge is 0.481 e. The Hall–Kier alpha value is -0.900. The Morgan fingerprint density at radius 3 is 2.10 bits per heavy atom. The third-order valence-corrected chi connectivity index (χ3v) is 1.10. The first-order chi connectivity index (χ1) is 4.57. The molecule has 0 spiro atoms. The highest BCUT2D eigenvalue weighted by molar-refractivity contribution is 5.82. The van der Waals surface area contributed by atoms with E-state index in [1.165, 1.54) is 6.92 Å². The molecule has 0 heterocycles. The van der Waals surface area contributed by atoms with Gasteiger partial charge >= 0.3 is 5.97 Å². The maximum atomic E-state index is 10.3. The minimum absolute atomic E-state index is 0.0914. The molecular formula is C6H10O4. The molecule has 4 heteroatoms. The number of rotatable bonds is 4. The number of aliphatic carboxylic acids is 1. The van der Waals surface area contributed by atoms with Crippen LogP contribution in [0.25, 0.3) is 0 Å². The van der Waals surface area contributed by atoms with Crippen LogP contribution in [0, 0.1) is 5.92 Å². The van der Waals surface area contributed by atoms with Crippen molar-refractivity contribution in [2.75, 3.05) is 6.61 Å². The highest BCUT2D eigenvalue weighted by atomic mass is 16.4. The quantitative estimate of drug-likeness (QED) is 0.569. The van der Waals surface area contributed by atoms with Gasteiger partial charge in [0.1, 0.15) is 5.78 Å². The van der Waals surface area contributed by atoms with E-state index in [4.69, 9.17) is 10.2 Å². The fourth-order valence-corrected chi connectivity index (χ4v) is 0.577. The molecule has 1 atom stereocenters. The highest BCUT2D eigenvalue weighted by Gasteiger charge is 2.17. The summed E-state index contributed by atoms with van der Waals surface area (Å²) in [6, 6.07) is 0. The molecule has 0 aromatic rings. The number of Topliss-reactive ketones (excluding diaryl/α,β-unsaturated/α-hetero) is 1. The van der Waals surface area contributed by atoms with Crippen LogP contribution in [-0.4, -0.2) is 28.6 Å². The number of carboxylic acids is 1. The van der Waals surface area contributed by atoms with Gasteiger partial charge < -0.3 is 15.0 Å². The minimum Gasteiger partial charge on any atom is -0.481 e. The number of carbonyl (C=O) groups excluding carboxylic acids is 1. The molecule has 10 heavy (non-hydrogen) atoms. The molecule has 0 aliphatic rings. The lowest BCUT2D eigenvalue weighted by Gasteiger charge is -2.04. The maximum Gasteiger partial charge on any atom is 0.309 e. The van der Waals surface area contributed by atoms with Gasteiger partial charge in [0.2, 0.25) is 0 Å². The zero-order valence-corrected chi connectivity index (χ0v) is 5.70. The van der Waals surface area contributed by atoms with E-state index >= 15 is 0 Å². The first-order valence-electron chi connectivity index (χ1n) is 2.91. The van der Waals surface area contributed by atoms with Gasteiger partial charge in [0.25, 0.3) is 0 Å². The molecule has 0 saturated carbocycles. The Morgan fingerprint density at radius 1 is 1.50 bits per heavy atom. The molecule has 58 valence electrons. The summed E-state index contributed by atoms with van der Waals surface area (Å²) in [5, 5.41) is 16.7. The molecule has 0 aliphatic heterocycles. The lowest BCUT2D eigenvalue weighted by molar-refractivity contribution is -0.145. The maximum absolute atomic E-state index is 10.3. The number of aliphatic hydroxyl groups excluding tert-OH is 1. The standard InChI is InChI=1S/C6H10O4/c1-4(8)2-5(3-7)6(9)10/h5,7H,2-3H2,1H3,(H,9,10). The van der Waals surface area contributed by atoms with Gasteiger partial charge in [-0.15, -0.1) is 0 Å². The fourth-order valence-electron chi connectivity index (χ4n) is 0.577. The highest BCUT2D eigenvalue weighted by Crippen LogP contribution is 2.01. The summed E-state index contributed by atoms with van der Waals surface area (Å²) >= 11 is 0. The van der Waals surface area contributed by atoms with Crippen LogP contribution in [0.4, 0.5) is 0 Å². The molecule has 2 N–H and O–H groups in total. The first kappa shape index (κ1) is 9.10. The van der Waals surface area contributed by atoms with E-state index in [0.29, 0.717) is 0 Å². The van der Waals surface area contributed by atoms with Gasteiger partial charge in [0.15, 0.2) is 0 Å². The van der Waals surface area contributed by atoms with Gasteiger partial charge in [0, 0.05) is 6.42 Å². The van der Waals surface area contributed by atoms with Crippen LogP contribution in [0.1, 0.15) is 13.3 Å². The average molecular weight is 146 g/mol. The number of hydrogen-bond acceptors (Lipinski definition) is 3. The SMILES string of the molecule is CC(=O)CC(CO)C(=O)O. The van der Waals surface area contributed by atoms with Crippen molar-refractivity contribution in [3.8, 4) is 0 Å². The van der Waals surface area contributed by atoms with E-state index in [9.17, 15) is 9.59 Å². The second kappa shape index (κ2) is 4.00. The van der Waals surface area contributed by atoms with Gasteiger partial charge in [0.05, 0.1) is 12.5 Å². The Kier molecular flexibility index (Phi) is 3.64. The van der Waals surface area contributed by atoms with Crippen LogP contribution >= 0.6 is 0 Å². The van der Waals surface area contributed by atoms with Gasteiger partial charge in [-0.3, -0.25) is 4.79 Å². The Labute approximate surface area is 58.5 Å². The molecule has 0 rings (SSSR count). The van der Waals surface area contributed by atoms with Crippen molar-refractivity contribution in [3.63, 3.8) is 0 Å². The van der Waals surface area contributed by atoms with Crippen molar-refractivity contribution >= 4 is 11.8 Å². The molecule has 0 fully saturated rings. The molecule has 0 aromatic carbocycles. The van der Waals surface area contributed by atoms with Gasteiger partial charge in [-0.05, 0) is 6.92 Å². The van der Waals surface area contributed by atoms with E-state index < -0.39 is 18.5 Å². The predicted molar refractivity (Wildman–Crippen MR) is 33.5 cm³/mol. The molecule has 4 nitrogen and oxygen atoms in total. The van der Waals surface area contributed by atoms with Crippen LogP contribution < -0.4 is 0 Å². The second-order valence-corrected chi connectivity index (χ2v) is 2.12. The van der Waals surface area contributed by atoms with E-state index in [2.05, 4.69) is 0 Å². The Balaban J connectivity index is 3.83. The van der Waals surface area contributed by atoms with E-state index in [1.54, 1.807) is 0 Å². The van der Waals surface area contributed by atoms with Crippen molar-refractivity contribution in [1.82, 2.24) is 0 Å². The number of carbonyl (C=O) groups is 2. The zero-order chi connectivity index (χ0) is 8.15. The molecule has 0 bridgehead atoms. The summed E-state index contributed by atoms with van der Waals surface area (Å²) in [5.41, 5.74) is 0. The summed E-state index contributed by atoms with van der Waals surface area (Å²) in [7, 11) is 0. The van der Waals surface area contributed by atoms with E-state index in [0.717, 1.165) is 0 Å². The molecule has 0 amide bonds. The van der Waals surface area contributed by atoms with E-state index in [-0.39, 0.29) is 12.2 Å². The number of aliphatic hydroxyl groups is 1. The van der Waals surface area contributed by atoms with Crippen molar-refractivity contribution in [1.29, 1.82) is 0 Å². The van der Waals surface area contributed by atoms with Crippen molar-refractivity contribution < 1.29 is 19.8 Å². The summed E-state index contributed by atoms with van der Waals surface area (Å²) in [6.45, 7) is 0.820. The third-order valence-electron chi connectivity index (χ3n) is 1.10. The fraction of sp³-hybridized carbons (Fsp3) is 0.667. The summed E-state index contributed by atoms with van der Waals surface area (Å²) in [5.74, 6) is -2.28. The summed E-state index contributed by atoms with van der Waals surface area (Å²) < 4.78 is 0. The van der Waals surface area contributed by atoms with Crippen molar-refractivity contribution in [2.45, 2.75) is 13.3 Å². The predicted octanol–water partition coefficient (Wildman–Crippen LogP) is -0.341. The lowest BCUT2D eigenvalue weighted by Crippen LogP contribution is -2.20. The van der Waals surface area contributed by atoms with Crippen LogP contribution in [-0.2, 0) is 9.59 Å². The monoisotopic (exact) mass is 146 g/mol. The van der Waals surface area contributed by atoms with Crippen LogP contribution in [0.5, 0.6) is 0 Å². The van der Waals surface area contributed by atoms with Gasteiger partial charge in [-0.1, -0.05) is 0 Å². The summed E-state index contributed by atoms with van der Waals surface area (Å²) in [6.07, 6.45) is -0.0914. The smallest absolute Gasteiger partial charge is 0.309 e. The van der Waals surface area contributed by atoms with Crippen LogP contribution in [0.3, 0.4) is 0 Å². The van der Waals surface area contributed by atoms with Gasteiger partial charge in [-0.25, -0.2) is 0 Å². The molecule has 1 unspecified atom stereocenters.